The van der Waals surface area contributed by atoms with Gasteiger partial charge in [-0.2, -0.15) is 13.2 Å². The molecule has 2 heterocycles. The van der Waals surface area contributed by atoms with Crippen LogP contribution in [0.3, 0.4) is 0 Å². The second-order valence-corrected chi connectivity index (χ2v) is 8.87. The van der Waals surface area contributed by atoms with E-state index in [9.17, 15) is 26.4 Å². The van der Waals surface area contributed by atoms with E-state index in [4.69, 9.17) is 5.73 Å². The number of carbonyl (C=O) groups excluding carboxylic acids is 1. The van der Waals surface area contributed by atoms with Gasteiger partial charge < -0.3 is 15.6 Å². The molecule has 2 aromatic heterocycles. The van der Waals surface area contributed by atoms with Crippen molar-refractivity contribution in [2.24, 2.45) is 0 Å². The van der Waals surface area contributed by atoms with E-state index in [2.05, 4.69) is 20.3 Å². The van der Waals surface area contributed by atoms with Crippen LogP contribution < -0.4 is 11.1 Å². The first-order valence-electron chi connectivity index (χ1n) is 9.29. The quantitative estimate of drug-likeness (QED) is 0.452. The number of imidazole rings is 1. The van der Waals surface area contributed by atoms with Gasteiger partial charge in [0.15, 0.2) is 11.5 Å². The minimum absolute atomic E-state index is 0.146. The van der Waals surface area contributed by atoms with E-state index in [0.717, 1.165) is 29.8 Å². The molecular formula is C20H15F3N6O3S. The summed E-state index contributed by atoms with van der Waals surface area (Å²) in [7, 11) is -5.45. The van der Waals surface area contributed by atoms with Gasteiger partial charge in [0.25, 0.3) is 15.7 Å². The topological polar surface area (TPSA) is 133 Å². The number of aromatic nitrogens is 4. The summed E-state index contributed by atoms with van der Waals surface area (Å²) in [6.07, 6.45) is 2.92. The molecular weight excluding hydrogens is 461 g/mol. The Kier molecular flexibility index (Phi) is 5.49. The molecule has 0 saturated carbocycles. The van der Waals surface area contributed by atoms with Gasteiger partial charge in [0.1, 0.15) is 11.8 Å². The first kappa shape index (κ1) is 22.2. The first-order chi connectivity index (χ1) is 15.6. The van der Waals surface area contributed by atoms with Crippen molar-refractivity contribution < 1.29 is 26.4 Å². The lowest BCUT2D eigenvalue weighted by molar-refractivity contribution is -0.0436. The van der Waals surface area contributed by atoms with Gasteiger partial charge in [0, 0.05) is 11.3 Å². The number of rotatable bonds is 5. The summed E-state index contributed by atoms with van der Waals surface area (Å²) in [6, 6.07) is 10.4. The Morgan fingerprint density at radius 2 is 1.67 bits per heavy atom. The average molecular weight is 476 g/mol. The van der Waals surface area contributed by atoms with Crippen LogP contribution in [0.5, 0.6) is 0 Å². The number of nitrogens with two attached hydrogens (primary N) is 1. The normalized spacial score (nSPS) is 12.1. The molecule has 0 aliphatic rings. The number of halogens is 3. The Hall–Kier alpha value is -4.00. The maximum Gasteiger partial charge on any atom is 0.501 e. The van der Waals surface area contributed by atoms with Crippen LogP contribution >= 0.6 is 0 Å². The molecule has 170 valence electrons. The summed E-state index contributed by atoms with van der Waals surface area (Å²) in [5.74, 6) is -0.239. The summed E-state index contributed by atoms with van der Waals surface area (Å²) in [4.78, 5) is 23.8. The first-order valence-corrected chi connectivity index (χ1v) is 10.8. The maximum atomic E-state index is 12.6. The number of anilines is 2. The number of benzene rings is 2. The zero-order valence-corrected chi connectivity index (χ0v) is 17.4. The summed E-state index contributed by atoms with van der Waals surface area (Å²) in [5, 5.41) is 2.51. The Morgan fingerprint density at radius 3 is 2.30 bits per heavy atom. The molecule has 2 aromatic carbocycles. The van der Waals surface area contributed by atoms with Crippen molar-refractivity contribution in [3.05, 3.63) is 72.3 Å². The fraction of sp³-hybridized carbons (Fsp3) is 0.100. The highest BCUT2D eigenvalue weighted by Gasteiger charge is 2.46. The summed E-state index contributed by atoms with van der Waals surface area (Å²) < 4.78 is 62.5. The maximum absolute atomic E-state index is 12.6. The predicted octanol–water partition coefficient (Wildman–Crippen LogP) is 3.00. The van der Waals surface area contributed by atoms with Crippen LogP contribution in [0.15, 0.2) is 66.1 Å². The van der Waals surface area contributed by atoms with E-state index in [1.807, 2.05) is 0 Å². The molecule has 0 bridgehead atoms. The van der Waals surface area contributed by atoms with E-state index >= 15 is 0 Å². The third kappa shape index (κ3) is 4.35. The highest BCUT2D eigenvalue weighted by molar-refractivity contribution is 7.92. The van der Waals surface area contributed by atoms with Crippen molar-refractivity contribution in [3.8, 4) is 0 Å². The van der Waals surface area contributed by atoms with Crippen LogP contribution in [0.1, 0.15) is 15.9 Å². The van der Waals surface area contributed by atoms with E-state index < -0.39 is 26.1 Å². The standard InChI is InChI=1S/C20H15F3N6O3S/c21-20(22,23)33(31,32)15-7-5-14(6-8-15)28-19(30)13-3-1-12(2-4-13)9-29-11-27-16-17(24)25-10-26-18(16)29/h1-8,10-11H,9H2,(H,28,30)(H2,24,25,26). The number of alkyl halides is 3. The zero-order chi connectivity index (χ0) is 23.8. The number of hydrogen-bond acceptors (Lipinski definition) is 7. The van der Waals surface area contributed by atoms with Crippen LogP contribution in [0.4, 0.5) is 24.7 Å². The second kappa shape index (κ2) is 8.16. The van der Waals surface area contributed by atoms with Crippen LogP contribution in [0.25, 0.3) is 11.2 Å². The number of fused-ring (bicyclic) bond motifs is 1. The smallest absolute Gasteiger partial charge is 0.382 e. The van der Waals surface area contributed by atoms with Crippen LogP contribution in [-0.4, -0.2) is 39.4 Å². The van der Waals surface area contributed by atoms with Crippen molar-refractivity contribution in [1.29, 1.82) is 0 Å². The third-order valence-electron chi connectivity index (χ3n) is 4.73. The summed E-state index contributed by atoms with van der Waals surface area (Å²) in [5.41, 5.74) is 2.73. The van der Waals surface area contributed by atoms with Gasteiger partial charge in [-0.3, -0.25) is 4.79 Å². The minimum atomic E-state index is -5.45. The van der Waals surface area contributed by atoms with Crippen LogP contribution in [0, 0.1) is 0 Å². The Bertz CT molecular complexity index is 1430. The molecule has 9 nitrogen and oxygen atoms in total. The van der Waals surface area contributed by atoms with Gasteiger partial charge in [-0.05, 0) is 42.0 Å². The fourth-order valence-corrected chi connectivity index (χ4v) is 3.79. The van der Waals surface area contributed by atoms with Crippen molar-refractivity contribution in [1.82, 2.24) is 19.5 Å². The van der Waals surface area contributed by atoms with Crippen molar-refractivity contribution >= 4 is 38.4 Å². The molecule has 0 atom stereocenters. The highest BCUT2D eigenvalue weighted by Crippen LogP contribution is 2.30. The fourth-order valence-electron chi connectivity index (χ4n) is 3.03. The van der Waals surface area contributed by atoms with Gasteiger partial charge in [0.2, 0.25) is 0 Å². The lowest BCUT2D eigenvalue weighted by atomic mass is 10.1. The highest BCUT2D eigenvalue weighted by atomic mass is 32.2. The Morgan fingerprint density at radius 1 is 1.00 bits per heavy atom. The number of hydrogen-bond donors (Lipinski definition) is 2. The van der Waals surface area contributed by atoms with Gasteiger partial charge in [-0.15, -0.1) is 0 Å². The van der Waals surface area contributed by atoms with E-state index in [1.54, 1.807) is 35.2 Å². The lowest BCUT2D eigenvalue weighted by Crippen LogP contribution is -2.23. The molecule has 0 unspecified atom stereocenters. The number of amides is 1. The molecule has 0 aliphatic heterocycles. The molecule has 4 aromatic rings. The van der Waals surface area contributed by atoms with Crippen molar-refractivity contribution in [2.75, 3.05) is 11.1 Å². The second-order valence-electron chi connectivity index (χ2n) is 6.93. The monoisotopic (exact) mass is 476 g/mol. The zero-order valence-electron chi connectivity index (χ0n) is 16.6. The third-order valence-corrected chi connectivity index (χ3v) is 6.23. The molecule has 0 radical (unpaired) electrons. The molecule has 0 fully saturated rings. The number of nitrogens with one attached hydrogen (secondary N) is 1. The Balaban J connectivity index is 1.45. The average Bonchev–Trinajstić information content (AvgIpc) is 3.18. The van der Waals surface area contributed by atoms with E-state index in [-0.39, 0.29) is 11.5 Å². The van der Waals surface area contributed by atoms with E-state index in [0.29, 0.717) is 23.3 Å². The van der Waals surface area contributed by atoms with Gasteiger partial charge >= 0.3 is 5.51 Å². The van der Waals surface area contributed by atoms with Crippen LogP contribution in [0.2, 0.25) is 0 Å². The van der Waals surface area contributed by atoms with Gasteiger partial charge in [-0.25, -0.2) is 23.4 Å². The molecule has 33 heavy (non-hydrogen) atoms. The molecule has 13 heteroatoms. The van der Waals surface area contributed by atoms with Crippen molar-refractivity contribution in [2.45, 2.75) is 16.9 Å². The minimum Gasteiger partial charge on any atom is -0.382 e. The molecule has 3 N–H and O–H groups in total. The predicted molar refractivity (Wildman–Crippen MR) is 113 cm³/mol. The molecule has 4 rings (SSSR count). The molecule has 1 amide bonds. The largest absolute Gasteiger partial charge is 0.501 e. The van der Waals surface area contributed by atoms with Gasteiger partial charge in [-0.1, -0.05) is 12.1 Å². The number of nitrogen functional groups attached to an aromatic ring is 1. The number of sulfone groups is 1. The van der Waals surface area contributed by atoms with Crippen LogP contribution in [-0.2, 0) is 16.4 Å². The SMILES string of the molecule is Nc1ncnc2c1ncn2Cc1ccc(C(=O)Nc2ccc(S(=O)(=O)C(F)(F)F)cc2)cc1. The molecule has 0 aliphatic carbocycles. The summed E-state index contributed by atoms with van der Waals surface area (Å²) in [6.45, 7) is 0.421. The molecule has 0 spiro atoms. The van der Waals surface area contributed by atoms with E-state index in [1.165, 1.54) is 6.33 Å². The Labute approximate surface area is 185 Å². The number of nitrogens with zero attached hydrogens (tertiary/aromatic N) is 4. The van der Waals surface area contributed by atoms with Gasteiger partial charge in [0.05, 0.1) is 17.8 Å². The lowest BCUT2D eigenvalue weighted by Gasteiger charge is -2.10. The van der Waals surface area contributed by atoms with Crippen molar-refractivity contribution in [3.63, 3.8) is 0 Å². The molecule has 0 saturated heterocycles. The summed E-state index contributed by atoms with van der Waals surface area (Å²) >= 11 is 0. The number of carbonyl (C=O) groups is 1.